The van der Waals surface area contributed by atoms with Gasteiger partial charge in [0.1, 0.15) is 0 Å². The molecular formula is C27H32N4O. The van der Waals surface area contributed by atoms with Crippen molar-refractivity contribution in [2.75, 3.05) is 18.0 Å². The molecule has 0 aliphatic carbocycles. The van der Waals surface area contributed by atoms with Crippen molar-refractivity contribution in [3.05, 3.63) is 77.4 Å². The van der Waals surface area contributed by atoms with E-state index in [-0.39, 0.29) is 11.8 Å². The Morgan fingerprint density at radius 2 is 1.84 bits per heavy atom. The topological polar surface area (TPSA) is 58.1 Å². The Morgan fingerprint density at radius 3 is 2.53 bits per heavy atom. The number of piperidine rings is 1. The zero-order valence-corrected chi connectivity index (χ0v) is 19.2. The Hall–Kier alpha value is -3.21. The quantitative estimate of drug-likeness (QED) is 0.593. The van der Waals surface area contributed by atoms with E-state index in [1.165, 1.54) is 11.1 Å². The lowest BCUT2D eigenvalue weighted by Crippen LogP contribution is -2.43. The minimum atomic E-state index is -0.0310. The minimum absolute atomic E-state index is 0.0310. The van der Waals surface area contributed by atoms with Gasteiger partial charge in [0.25, 0.3) is 0 Å². The molecule has 0 bridgehead atoms. The van der Waals surface area contributed by atoms with Crippen LogP contribution in [-0.2, 0) is 11.3 Å². The lowest BCUT2D eigenvalue weighted by atomic mass is 9.97. The maximum absolute atomic E-state index is 12.8. The van der Waals surface area contributed by atoms with Crippen molar-refractivity contribution >= 4 is 11.7 Å². The van der Waals surface area contributed by atoms with E-state index in [0.29, 0.717) is 19.0 Å². The van der Waals surface area contributed by atoms with E-state index >= 15 is 0 Å². The maximum atomic E-state index is 12.8. The average Bonchev–Trinajstić information content (AvgIpc) is 2.83. The van der Waals surface area contributed by atoms with Crippen LogP contribution in [0.25, 0.3) is 11.3 Å². The van der Waals surface area contributed by atoms with Gasteiger partial charge in [-0.25, -0.2) is 0 Å². The number of hydrogen-bond acceptors (Lipinski definition) is 4. The van der Waals surface area contributed by atoms with Crippen LogP contribution in [0.4, 0.5) is 5.82 Å². The molecule has 2 heterocycles. The molecule has 5 heteroatoms. The summed E-state index contributed by atoms with van der Waals surface area (Å²) < 4.78 is 0. The van der Waals surface area contributed by atoms with Crippen LogP contribution in [0.1, 0.15) is 49.3 Å². The first-order valence-corrected chi connectivity index (χ1v) is 11.5. The van der Waals surface area contributed by atoms with Crippen molar-refractivity contribution in [3.63, 3.8) is 0 Å². The van der Waals surface area contributed by atoms with Crippen LogP contribution in [-0.4, -0.2) is 29.2 Å². The first-order chi connectivity index (χ1) is 15.5. The summed E-state index contributed by atoms with van der Waals surface area (Å²) in [6, 6.07) is 20.7. The second-order valence-electron chi connectivity index (χ2n) is 8.99. The molecule has 5 nitrogen and oxygen atoms in total. The molecule has 2 aromatic carbocycles. The smallest absolute Gasteiger partial charge is 0.225 e. The van der Waals surface area contributed by atoms with E-state index in [1.54, 1.807) is 0 Å². The fourth-order valence-electron chi connectivity index (χ4n) is 4.25. The summed E-state index contributed by atoms with van der Waals surface area (Å²) in [5, 5.41) is 12.1. The van der Waals surface area contributed by atoms with Crippen LogP contribution in [0.5, 0.6) is 0 Å². The fraction of sp³-hybridized carbons (Fsp3) is 0.370. The van der Waals surface area contributed by atoms with Gasteiger partial charge in [0.15, 0.2) is 5.82 Å². The molecule has 1 aromatic heterocycles. The number of carbonyl (C=O) groups is 1. The van der Waals surface area contributed by atoms with Crippen molar-refractivity contribution < 1.29 is 4.79 Å². The summed E-state index contributed by atoms with van der Waals surface area (Å²) in [6.45, 7) is 8.60. The predicted molar refractivity (Wildman–Crippen MR) is 130 cm³/mol. The Kier molecular flexibility index (Phi) is 6.84. The number of nitrogens with zero attached hydrogens (tertiary/aromatic N) is 3. The van der Waals surface area contributed by atoms with Crippen molar-refractivity contribution in [2.45, 2.75) is 46.1 Å². The van der Waals surface area contributed by atoms with E-state index in [0.717, 1.165) is 42.0 Å². The third-order valence-electron chi connectivity index (χ3n) is 6.30. The van der Waals surface area contributed by atoms with Gasteiger partial charge in [-0.3, -0.25) is 4.79 Å². The highest BCUT2D eigenvalue weighted by Crippen LogP contribution is 2.25. The number of hydrogen-bond donors (Lipinski definition) is 1. The van der Waals surface area contributed by atoms with Gasteiger partial charge in [0.05, 0.1) is 11.6 Å². The number of benzene rings is 2. The summed E-state index contributed by atoms with van der Waals surface area (Å²) in [5.41, 5.74) is 5.61. The van der Waals surface area contributed by atoms with E-state index in [9.17, 15) is 4.79 Å². The molecular weight excluding hydrogens is 396 g/mol. The van der Waals surface area contributed by atoms with Crippen LogP contribution in [0.3, 0.4) is 0 Å². The summed E-state index contributed by atoms with van der Waals surface area (Å²) >= 11 is 0. The Morgan fingerprint density at radius 1 is 1.06 bits per heavy atom. The highest BCUT2D eigenvalue weighted by atomic mass is 16.1. The summed E-state index contributed by atoms with van der Waals surface area (Å²) in [5.74, 6) is 1.44. The summed E-state index contributed by atoms with van der Waals surface area (Å²) in [7, 11) is 0. The number of aryl methyl sites for hydroxylation is 1. The van der Waals surface area contributed by atoms with E-state index < -0.39 is 0 Å². The van der Waals surface area contributed by atoms with Crippen LogP contribution in [0.2, 0.25) is 0 Å². The second kappa shape index (κ2) is 9.94. The summed E-state index contributed by atoms with van der Waals surface area (Å²) in [6.07, 6.45) is 1.88. The maximum Gasteiger partial charge on any atom is 0.225 e. The molecule has 1 atom stereocenters. The number of rotatable bonds is 6. The molecule has 166 valence electrons. The van der Waals surface area contributed by atoms with Gasteiger partial charge in [-0.05, 0) is 54.5 Å². The lowest BCUT2D eigenvalue weighted by Gasteiger charge is -2.32. The number of anilines is 1. The van der Waals surface area contributed by atoms with E-state index in [4.69, 9.17) is 0 Å². The van der Waals surface area contributed by atoms with E-state index in [2.05, 4.69) is 77.6 Å². The zero-order chi connectivity index (χ0) is 22.5. The fourth-order valence-corrected chi connectivity index (χ4v) is 4.25. The van der Waals surface area contributed by atoms with Crippen LogP contribution in [0, 0.1) is 12.8 Å². The molecule has 0 radical (unpaired) electrons. The van der Waals surface area contributed by atoms with Gasteiger partial charge in [-0.1, -0.05) is 62.4 Å². The third kappa shape index (κ3) is 5.16. The number of aromatic nitrogens is 2. The predicted octanol–water partition coefficient (Wildman–Crippen LogP) is 5.11. The van der Waals surface area contributed by atoms with Crippen molar-refractivity contribution in [1.82, 2.24) is 15.5 Å². The molecule has 0 unspecified atom stereocenters. The molecule has 1 N–H and O–H groups in total. The van der Waals surface area contributed by atoms with Gasteiger partial charge < -0.3 is 10.2 Å². The Bertz CT molecular complexity index is 1040. The molecule has 0 spiro atoms. The zero-order valence-electron chi connectivity index (χ0n) is 19.2. The second-order valence-corrected chi connectivity index (χ2v) is 8.99. The number of carbonyl (C=O) groups excluding carboxylic acids is 1. The standard InChI is InChI=1S/C27H32N4O/c1-19(2)22-12-10-21(11-13-22)17-28-27(32)23-8-6-16-31(18-23)26-15-14-25(29-30-26)24-9-5-4-7-20(24)3/h4-5,7,9-15,19,23H,6,8,16-18H2,1-3H3,(H,28,32)/t23-/m0/s1. The average molecular weight is 429 g/mol. The van der Waals surface area contributed by atoms with Crippen molar-refractivity contribution in [1.29, 1.82) is 0 Å². The lowest BCUT2D eigenvalue weighted by molar-refractivity contribution is -0.125. The number of amides is 1. The molecule has 3 aromatic rings. The largest absolute Gasteiger partial charge is 0.354 e. The van der Waals surface area contributed by atoms with Crippen LogP contribution in [0.15, 0.2) is 60.7 Å². The van der Waals surface area contributed by atoms with Crippen LogP contribution >= 0.6 is 0 Å². The third-order valence-corrected chi connectivity index (χ3v) is 6.30. The van der Waals surface area contributed by atoms with Gasteiger partial charge in [-0.15, -0.1) is 10.2 Å². The monoisotopic (exact) mass is 428 g/mol. The first-order valence-electron chi connectivity index (χ1n) is 11.5. The highest BCUT2D eigenvalue weighted by molar-refractivity contribution is 5.79. The molecule has 0 saturated carbocycles. The summed E-state index contributed by atoms with van der Waals surface area (Å²) in [4.78, 5) is 15.0. The number of nitrogens with one attached hydrogen (secondary N) is 1. The molecule has 32 heavy (non-hydrogen) atoms. The van der Waals surface area contributed by atoms with Gasteiger partial charge in [0.2, 0.25) is 5.91 Å². The van der Waals surface area contributed by atoms with Crippen molar-refractivity contribution in [2.24, 2.45) is 5.92 Å². The molecule has 1 amide bonds. The normalized spacial score (nSPS) is 16.2. The van der Waals surface area contributed by atoms with Crippen LogP contribution < -0.4 is 10.2 Å². The Labute approximate surface area is 190 Å². The minimum Gasteiger partial charge on any atom is -0.354 e. The molecule has 4 rings (SSSR count). The van der Waals surface area contributed by atoms with Gasteiger partial charge in [-0.2, -0.15) is 0 Å². The SMILES string of the molecule is Cc1ccccc1-c1ccc(N2CCC[C@H](C(=O)NCc3ccc(C(C)C)cc3)C2)nn1. The highest BCUT2D eigenvalue weighted by Gasteiger charge is 2.26. The van der Waals surface area contributed by atoms with Crippen molar-refractivity contribution in [3.8, 4) is 11.3 Å². The van der Waals surface area contributed by atoms with Gasteiger partial charge >= 0.3 is 0 Å². The van der Waals surface area contributed by atoms with E-state index in [1.807, 2.05) is 24.3 Å². The Balaban J connectivity index is 1.35. The first kappa shape index (κ1) is 22.0. The molecule has 1 aliphatic rings. The molecule has 1 aliphatic heterocycles. The molecule has 1 fully saturated rings. The molecule has 1 saturated heterocycles. The van der Waals surface area contributed by atoms with Gasteiger partial charge in [0, 0.05) is 25.2 Å².